The average molecular weight is 319 g/mol. The summed E-state index contributed by atoms with van der Waals surface area (Å²) in [5.41, 5.74) is 2.31. The molecule has 0 atom stereocenters. The highest BCUT2D eigenvalue weighted by atomic mass is 32.2. The number of rotatable bonds is 1. The second-order valence-electron chi connectivity index (χ2n) is 5.22. The number of carbonyl (C=O) groups excluding carboxylic acids is 1. The van der Waals surface area contributed by atoms with Gasteiger partial charge < -0.3 is 5.11 Å². The number of para-hydroxylation sites is 2. The third kappa shape index (κ3) is 2.37. The minimum atomic E-state index is -0.106. The van der Waals surface area contributed by atoms with E-state index in [0.717, 1.165) is 21.2 Å². The highest BCUT2D eigenvalue weighted by Gasteiger charge is 2.28. The van der Waals surface area contributed by atoms with E-state index in [1.165, 1.54) is 12.1 Å². The van der Waals surface area contributed by atoms with Crippen LogP contribution in [-0.4, -0.2) is 11.0 Å². The lowest BCUT2D eigenvalue weighted by Crippen LogP contribution is -2.28. The van der Waals surface area contributed by atoms with Crippen LogP contribution in [0.2, 0.25) is 0 Å². The Bertz CT molecular complexity index is 844. The predicted octanol–water partition coefficient (Wildman–Crippen LogP) is 4.84. The summed E-state index contributed by atoms with van der Waals surface area (Å²) in [5, 5.41) is 9.44. The van der Waals surface area contributed by atoms with Gasteiger partial charge in [-0.05, 0) is 48.5 Å². The summed E-state index contributed by atoms with van der Waals surface area (Å²) in [7, 11) is 0. The minimum Gasteiger partial charge on any atom is -0.508 e. The zero-order chi connectivity index (χ0) is 15.8. The maximum absolute atomic E-state index is 13.1. The summed E-state index contributed by atoms with van der Waals surface area (Å²) < 4.78 is 0. The van der Waals surface area contributed by atoms with Crippen molar-refractivity contribution < 1.29 is 9.90 Å². The molecule has 4 rings (SSSR count). The Morgan fingerprint density at radius 2 is 1.30 bits per heavy atom. The molecule has 3 nitrogen and oxygen atoms in total. The number of anilines is 2. The summed E-state index contributed by atoms with van der Waals surface area (Å²) >= 11 is 1.67. The zero-order valence-corrected chi connectivity index (χ0v) is 13.0. The first-order valence-corrected chi connectivity index (χ1v) is 8.05. The van der Waals surface area contributed by atoms with Crippen molar-refractivity contribution in [1.29, 1.82) is 0 Å². The van der Waals surface area contributed by atoms with Gasteiger partial charge in [-0.1, -0.05) is 36.0 Å². The third-order valence-electron chi connectivity index (χ3n) is 3.75. The highest BCUT2D eigenvalue weighted by molar-refractivity contribution is 7.99. The summed E-state index contributed by atoms with van der Waals surface area (Å²) in [4.78, 5) is 16.9. The minimum absolute atomic E-state index is 0.106. The van der Waals surface area contributed by atoms with E-state index in [2.05, 4.69) is 0 Å². The predicted molar refractivity (Wildman–Crippen MR) is 91.6 cm³/mol. The van der Waals surface area contributed by atoms with Crippen molar-refractivity contribution in [3.63, 3.8) is 0 Å². The first kappa shape index (κ1) is 13.9. The second-order valence-corrected chi connectivity index (χ2v) is 6.31. The summed E-state index contributed by atoms with van der Waals surface area (Å²) in [5.74, 6) is 0.0433. The molecule has 0 aliphatic carbocycles. The Hall–Kier alpha value is -2.72. The topological polar surface area (TPSA) is 40.5 Å². The van der Waals surface area contributed by atoms with Crippen molar-refractivity contribution in [3.05, 3.63) is 78.4 Å². The fraction of sp³-hybridized carbons (Fsp3) is 0. The van der Waals surface area contributed by atoms with Crippen LogP contribution < -0.4 is 4.90 Å². The van der Waals surface area contributed by atoms with E-state index < -0.39 is 0 Å². The normalized spacial score (nSPS) is 12.4. The first-order chi connectivity index (χ1) is 11.2. The Balaban J connectivity index is 1.87. The van der Waals surface area contributed by atoms with Crippen LogP contribution >= 0.6 is 11.8 Å². The Morgan fingerprint density at radius 1 is 0.783 bits per heavy atom. The van der Waals surface area contributed by atoms with Gasteiger partial charge in [0, 0.05) is 15.4 Å². The zero-order valence-electron chi connectivity index (χ0n) is 12.1. The molecule has 0 fully saturated rings. The Morgan fingerprint density at radius 3 is 1.87 bits per heavy atom. The second kappa shape index (κ2) is 5.48. The summed E-state index contributed by atoms with van der Waals surface area (Å²) in [6.07, 6.45) is 0. The van der Waals surface area contributed by atoms with E-state index in [-0.39, 0.29) is 11.7 Å². The van der Waals surface area contributed by atoms with Gasteiger partial charge in [-0.15, -0.1) is 0 Å². The third-order valence-corrected chi connectivity index (χ3v) is 4.88. The molecule has 4 heteroatoms. The van der Waals surface area contributed by atoms with Crippen LogP contribution in [0.3, 0.4) is 0 Å². The molecular weight excluding hydrogens is 306 g/mol. The maximum atomic E-state index is 13.1. The lowest BCUT2D eigenvalue weighted by molar-refractivity contribution is 0.0998. The molecule has 1 aliphatic rings. The molecule has 0 bridgehead atoms. The van der Waals surface area contributed by atoms with E-state index in [1.807, 2.05) is 48.5 Å². The molecule has 0 saturated carbocycles. The molecule has 1 aliphatic heterocycles. The van der Waals surface area contributed by atoms with Crippen LogP contribution in [0.5, 0.6) is 5.75 Å². The van der Waals surface area contributed by atoms with Crippen molar-refractivity contribution >= 4 is 29.0 Å². The smallest absolute Gasteiger partial charge is 0.262 e. The van der Waals surface area contributed by atoms with Crippen LogP contribution in [0.4, 0.5) is 11.4 Å². The van der Waals surface area contributed by atoms with Crippen LogP contribution in [-0.2, 0) is 0 Å². The lowest BCUT2D eigenvalue weighted by atomic mass is 10.1. The molecule has 1 N–H and O–H groups in total. The van der Waals surface area contributed by atoms with Gasteiger partial charge in [0.1, 0.15) is 5.75 Å². The van der Waals surface area contributed by atoms with Crippen molar-refractivity contribution in [3.8, 4) is 5.75 Å². The Labute approximate surface area is 138 Å². The fourth-order valence-electron chi connectivity index (χ4n) is 2.66. The summed E-state index contributed by atoms with van der Waals surface area (Å²) in [6.45, 7) is 0. The number of phenols is 1. The molecule has 3 aromatic rings. The first-order valence-electron chi connectivity index (χ1n) is 7.23. The number of aromatic hydroxyl groups is 1. The van der Waals surface area contributed by atoms with Gasteiger partial charge >= 0.3 is 0 Å². The molecule has 0 saturated heterocycles. The fourth-order valence-corrected chi connectivity index (χ4v) is 3.71. The number of hydrogen-bond acceptors (Lipinski definition) is 3. The standard InChI is InChI=1S/C19H13NO2S/c21-14-11-9-13(10-12-14)19(22)20-15-5-1-3-7-17(15)23-18-8-4-2-6-16(18)20/h1-12,21H. The van der Waals surface area contributed by atoms with E-state index in [0.29, 0.717) is 5.56 Å². The number of carbonyl (C=O) groups is 1. The lowest BCUT2D eigenvalue weighted by Gasteiger charge is -2.31. The maximum Gasteiger partial charge on any atom is 0.262 e. The quantitative estimate of drug-likeness (QED) is 0.698. The van der Waals surface area contributed by atoms with Crippen molar-refractivity contribution in [1.82, 2.24) is 0 Å². The van der Waals surface area contributed by atoms with Crippen molar-refractivity contribution in [2.75, 3.05) is 4.90 Å². The van der Waals surface area contributed by atoms with Crippen LogP contribution in [0.15, 0.2) is 82.6 Å². The molecule has 1 heterocycles. The SMILES string of the molecule is O=C(c1ccc(O)cc1)N1c2ccccc2Sc2ccccc21. The highest BCUT2D eigenvalue weighted by Crippen LogP contribution is 2.48. The number of hydrogen-bond donors (Lipinski definition) is 1. The Kier molecular flexibility index (Phi) is 3.32. The molecule has 0 radical (unpaired) electrons. The molecule has 0 unspecified atom stereocenters. The molecule has 0 aromatic heterocycles. The van der Waals surface area contributed by atoms with Gasteiger partial charge in [-0.3, -0.25) is 9.69 Å². The van der Waals surface area contributed by atoms with Gasteiger partial charge in [0.05, 0.1) is 11.4 Å². The molecule has 3 aromatic carbocycles. The van der Waals surface area contributed by atoms with Crippen molar-refractivity contribution in [2.24, 2.45) is 0 Å². The number of benzene rings is 3. The monoisotopic (exact) mass is 319 g/mol. The van der Waals surface area contributed by atoms with Gasteiger partial charge in [-0.25, -0.2) is 0 Å². The van der Waals surface area contributed by atoms with Crippen LogP contribution in [0.25, 0.3) is 0 Å². The largest absolute Gasteiger partial charge is 0.508 e. The molecule has 0 spiro atoms. The number of phenolic OH excluding ortho intramolecular Hbond substituents is 1. The molecule has 23 heavy (non-hydrogen) atoms. The molecular formula is C19H13NO2S. The molecule has 1 amide bonds. The number of amides is 1. The van der Waals surface area contributed by atoms with Crippen LogP contribution in [0.1, 0.15) is 10.4 Å². The molecule has 112 valence electrons. The van der Waals surface area contributed by atoms with E-state index in [9.17, 15) is 9.90 Å². The van der Waals surface area contributed by atoms with Gasteiger partial charge in [-0.2, -0.15) is 0 Å². The van der Waals surface area contributed by atoms with Gasteiger partial charge in [0.25, 0.3) is 5.91 Å². The number of fused-ring (bicyclic) bond motifs is 2. The van der Waals surface area contributed by atoms with E-state index in [1.54, 1.807) is 28.8 Å². The summed E-state index contributed by atoms with van der Waals surface area (Å²) in [6, 6.07) is 22.1. The van der Waals surface area contributed by atoms with Gasteiger partial charge in [0.15, 0.2) is 0 Å². The van der Waals surface area contributed by atoms with Gasteiger partial charge in [0.2, 0.25) is 0 Å². The number of nitrogens with zero attached hydrogens (tertiary/aromatic N) is 1. The average Bonchev–Trinajstić information content (AvgIpc) is 2.59. The van der Waals surface area contributed by atoms with E-state index >= 15 is 0 Å². The van der Waals surface area contributed by atoms with Crippen molar-refractivity contribution in [2.45, 2.75) is 9.79 Å². The van der Waals surface area contributed by atoms with E-state index in [4.69, 9.17) is 0 Å². The van der Waals surface area contributed by atoms with Crippen LogP contribution in [0, 0.1) is 0 Å².